The minimum absolute atomic E-state index is 0.154. The van der Waals surface area contributed by atoms with Gasteiger partial charge in [0.1, 0.15) is 5.60 Å². The van der Waals surface area contributed by atoms with Gasteiger partial charge in [-0.1, -0.05) is 13.8 Å². The van der Waals surface area contributed by atoms with E-state index >= 15 is 0 Å². The zero-order chi connectivity index (χ0) is 13.0. The fraction of sp³-hybridized carbons (Fsp3) is 0.846. The average Bonchev–Trinajstić information content (AvgIpc) is 1.95. The average molecular weight is 228 g/mol. The highest BCUT2D eigenvalue weighted by molar-refractivity contribution is 5.71. The number of ether oxygens (including phenoxy) is 1. The van der Waals surface area contributed by atoms with E-state index in [2.05, 4.69) is 19.2 Å². The summed E-state index contributed by atoms with van der Waals surface area (Å²) in [4.78, 5) is 11.6. The number of hydrogen-bond acceptors (Lipinski definition) is 3. The van der Waals surface area contributed by atoms with E-state index in [-0.39, 0.29) is 11.5 Å². The Kier molecular flexibility index (Phi) is 5.47. The van der Waals surface area contributed by atoms with Crippen LogP contribution in [0, 0.1) is 5.92 Å². The third-order valence-corrected chi connectivity index (χ3v) is 1.93. The fourth-order valence-corrected chi connectivity index (χ4v) is 1.22. The molecule has 0 unspecified atom stereocenters. The van der Waals surface area contributed by atoms with Gasteiger partial charge in [0.2, 0.25) is 0 Å². The highest BCUT2D eigenvalue weighted by Crippen LogP contribution is 2.14. The number of carbonyl (C=O) groups is 1. The van der Waals surface area contributed by atoms with Crippen molar-refractivity contribution in [2.75, 3.05) is 6.54 Å². The van der Waals surface area contributed by atoms with Crippen LogP contribution >= 0.6 is 0 Å². The van der Waals surface area contributed by atoms with Crippen molar-refractivity contribution in [3.8, 4) is 0 Å². The Morgan fingerprint density at radius 1 is 1.12 bits per heavy atom. The molecular weight excluding hydrogens is 202 g/mol. The molecular formula is C13H26NO2. The molecule has 0 atom stereocenters. The van der Waals surface area contributed by atoms with Gasteiger partial charge in [-0.2, -0.15) is 0 Å². The van der Waals surface area contributed by atoms with Gasteiger partial charge in [0, 0.05) is 12.1 Å². The summed E-state index contributed by atoms with van der Waals surface area (Å²) >= 11 is 0. The Balaban J connectivity index is 4.10. The summed E-state index contributed by atoms with van der Waals surface area (Å²) in [6.07, 6.45) is 0.386. The largest absolute Gasteiger partial charge is 0.460 e. The number of rotatable bonds is 5. The van der Waals surface area contributed by atoms with E-state index in [1.807, 2.05) is 34.6 Å². The Morgan fingerprint density at radius 3 is 2.00 bits per heavy atom. The van der Waals surface area contributed by atoms with Crippen LogP contribution in [0.25, 0.3) is 0 Å². The van der Waals surface area contributed by atoms with Crippen molar-refractivity contribution in [1.29, 1.82) is 0 Å². The molecule has 0 heterocycles. The van der Waals surface area contributed by atoms with E-state index in [0.29, 0.717) is 6.42 Å². The zero-order valence-electron chi connectivity index (χ0n) is 11.7. The SMILES string of the molecule is C[C](C)CNC(C)(C)CC(=O)OC(C)(C)C. The number of hydrogen-bond donors (Lipinski definition) is 1. The van der Waals surface area contributed by atoms with Crippen molar-refractivity contribution >= 4 is 5.97 Å². The van der Waals surface area contributed by atoms with Crippen LogP contribution < -0.4 is 5.32 Å². The molecule has 0 aliphatic heterocycles. The molecule has 0 aromatic rings. The smallest absolute Gasteiger partial charge is 0.308 e. The molecule has 1 N–H and O–H groups in total. The molecule has 0 saturated heterocycles. The molecule has 0 saturated carbocycles. The van der Waals surface area contributed by atoms with Crippen molar-refractivity contribution in [3.05, 3.63) is 5.92 Å². The van der Waals surface area contributed by atoms with Crippen LogP contribution in [-0.2, 0) is 9.53 Å². The molecule has 0 rings (SSSR count). The molecule has 3 nitrogen and oxygen atoms in total. The van der Waals surface area contributed by atoms with Crippen molar-refractivity contribution in [2.24, 2.45) is 0 Å². The van der Waals surface area contributed by atoms with E-state index in [4.69, 9.17) is 4.74 Å². The fourth-order valence-electron chi connectivity index (χ4n) is 1.22. The standard InChI is InChI=1S/C13H26NO2/c1-10(2)9-14-13(6,7)8-11(15)16-12(3,4)5/h14H,8-9H2,1-7H3. The first-order valence-electron chi connectivity index (χ1n) is 5.78. The molecule has 95 valence electrons. The van der Waals surface area contributed by atoms with Crippen LogP contribution in [-0.4, -0.2) is 23.7 Å². The summed E-state index contributed by atoms with van der Waals surface area (Å²) in [6.45, 7) is 14.6. The van der Waals surface area contributed by atoms with E-state index in [0.717, 1.165) is 6.54 Å². The number of nitrogens with one attached hydrogen (secondary N) is 1. The molecule has 3 heteroatoms. The summed E-state index contributed by atoms with van der Waals surface area (Å²) in [5.74, 6) is 1.15. The van der Waals surface area contributed by atoms with E-state index in [1.54, 1.807) is 0 Å². The molecule has 0 spiro atoms. The topological polar surface area (TPSA) is 38.3 Å². The molecule has 0 aromatic heterocycles. The third-order valence-electron chi connectivity index (χ3n) is 1.93. The zero-order valence-corrected chi connectivity index (χ0v) is 11.7. The normalized spacial score (nSPS) is 13.0. The quantitative estimate of drug-likeness (QED) is 0.735. The summed E-state index contributed by atoms with van der Waals surface area (Å²) in [5.41, 5.74) is -0.625. The molecule has 0 fully saturated rings. The molecule has 0 bridgehead atoms. The predicted octanol–water partition coefficient (Wildman–Crippen LogP) is 2.70. The number of carbonyl (C=O) groups excluding carboxylic acids is 1. The molecule has 0 amide bonds. The van der Waals surface area contributed by atoms with E-state index in [1.165, 1.54) is 5.92 Å². The van der Waals surface area contributed by atoms with Gasteiger partial charge in [-0.05, 0) is 40.5 Å². The predicted molar refractivity (Wildman–Crippen MR) is 67.1 cm³/mol. The van der Waals surface area contributed by atoms with Gasteiger partial charge in [0.15, 0.2) is 0 Å². The lowest BCUT2D eigenvalue weighted by Gasteiger charge is -2.28. The van der Waals surface area contributed by atoms with Crippen LogP contribution in [0.3, 0.4) is 0 Å². The van der Waals surface area contributed by atoms with Crippen LogP contribution in [0.15, 0.2) is 0 Å². The summed E-state index contributed by atoms with van der Waals surface area (Å²) in [7, 11) is 0. The van der Waals surface area contributed by atoms with Gasteiger partial charge in [0.25, 0.3) is 0 Å². The second-order valence-electron chi connectivity index (χ2n) is 6.21. The minimum atomic E-state index is -0.403. The summed E-state index contributed by atoms with van der Waals surface area (Å²) in [5, 5.41) is 3.34. The van der Waals surface area contributed by atoms with Crippen molar-refractivity contribution in [2.45, 2.75) is 66.0 Å². The Labute approximate surface area is 99.9 Å². The van der Waals surface area contributed by atoms with Gasteiger partial charge in [-0.25, -0.2) is 0 Å². The lowest BCUT2D eigenvalue weighted by atomic mass is 9.99. The molecule has 0 aromatic carbocycles. The van der Waals surface area contributed by atoms with Gasteiger partial charge in [-0.3, -0.25) is 4.79 Å². The lowest BCUT2D eigenvalue weighted by molar-refractivity contribution is -0.156. The van der Waals surface area contributed by atoms with E-state index < -0.39 is 5.60 Å². The van der Waals surface area contributed by atoms with Crippen LogP contribution in [0.2, 0.25) is 0 Å². The Hall–Kier alpha value is -0.570. The second-order valence-corrected chi connectivity index (χ2v) is 6.21. The lowest BCUT2D eigenvalue weighted by Crippen LogP contribution is -2.43. The summed E-state index contributed by atoms with van der Waals surface area (Å²) < 4.78 is 5.29. The first-order chi connectivity index (χ1) is 7.02. The van der Waals surface area contributed by atoms with Crippen molar-refractivity contribution in [1.82, 2.24) is 5.32 Å². The highest BCUT2D eigenvalue weighted by atomic mass is 16.6. The van der Waals surface area contributed by atoms with Crippen molar-refractivity contribution in [3.63, 3.8) is 0 Å². The van der Waals surface area contributed by atoms with Crippen molar-refractivity contribution < 1.29 is 9.53 Å². The maximum absolute atomic E-state index is 11.6. The minimum Gasteiger partial charge on any atom is -0.460 e. The highest BCUT2D eigenvalue weighted by Gasteiger charge is 2.25. The van der Waals surface area contributed by atoms with Gasteiger partial charge >= 0.3 is 5.97 Å². The van der Waals surface area contributed by atoms with Crippen LogP contribution in [0.5, 0.6) is 0 Å². The first kappa shape index (κ1) is 15.4. The van der Waals surface area contributed by atoms with Gasteiger partial charge in [-0.15, -0.1) is 0 Å². The van der Waals surface area contributed by atoms with Crippen LogP contribution in [0.1, 0.15) is 54.9 Å². The Bertz CT molecular complexity index is 227. The monoisotopic (exact) mass is 228 g/mol. The third kappa shape index (κ3) is 8.72. The summed E-state index contributed by atoms with van der Waals surface area (Å²) in [6, 6.07) is 0. The van der Waals surface area contributed by atoms with Gasteiger partial charge < -0.3 is 10.1 Å². The molecule has 0 aliphatic carbocycles. The van der Waals surface area contributed by atoms with Crippen LogP contribution in [0.4, 0.5) is 0 Å². The molecule has 0 aliphatic rings. The maximum atomic E-state index is 11.6. The number of esters is 1. The van der Waals surface area contributed by atoms with E-state index in [9.17, 15) is 4.79 Å². The molecule has 16 heavy (non-hydrogen) atoms. The van der Waals surface area contributed by atoms with Gasteiger partial charge in [0.05, 0.1) is 6.42 Å². The second kappa shape index (κ2) is 5.67. The first-order valence-corrected chi connectivity index (χ1v) is 5.78. The Morgan fingerprint density at radius 2 is 1.62 bits per heavy atom. The maximum Gasteiger partial charge on any atom is 0.308 e. The molecule has 1 radical (unpaired) electrons.